The van der Waals surface area contributed by atoms with Gasteiger partial charge >= 0.3 is 12.3 Å². The highest BCUT2D eigenvalue weighted by atomic mass is 19.4. The molecule has 1 heterocycles. The molecule has 18 heavy (non-hydrogen) atoms. The first-order chi connectivity index (χ1) is 8.28. The molecule has 0 amide bonds. The van der Waals surface area contributed by atoms with Gasteiger partial charge in [0.05, 0.1) is 14.2 Å². The van der Waals surface area contributed by atoms with Gasteiger partial charge in [0.2, 0.25) is 5.88 Å². The zero-order valence-corrected chi connectivity index (χ0v) is 9.25. The van der Waals surface area contributed by atoms with Gasteiger partial charge in [-0.3, -0.25) is 9.78 Å². The molecule has 0 saturated heterocycles. The minimum atomic E-state index is -5.07. The number of H-pyrrole nitrogens is 1. The van der Waals surface area contributed by atoms with Crippen LogP contribution in [0.2, 0.25) is 0 Å². The molecule has 0 aliphatic heterocycles. The Labute approximate surface area is 98.3 Å². The van der Waals surface area contributed by atoms with Gasteiger partial charge in [-0.1, -0.05) is 0 Å². The zero-order chi connectivity index (χ0) is 13.9. The third-order valence-electron chi connectivity index (χ3n) is 1.80. The van der Waals surface area contributed by atoms with Gasteiger partial charge in [0.25, 0.3) is 5.56 Å². The first-order valence-corrected chi connectivity index (χ1v) is 4.44. The number of halogens is 3. The number of nitrogens with one attached hydrogen (secondary N) is 1. The number of hydrogen-bond donors (Lipinski definition) is 1. The lowest BCUT2D eigenvalue weighted by Gasteiger charge is -2.13. The van der Waals surface area contributed by atoms with Crippen LogP contribution >= 0.6 is 0 Å². The summed E-state index contributed by atoms with van der Waals surface area (Å²) < 4.78 is 48.8. The van der Waals surface area contributed by atoms with E-state index in [9.17, 15) is 22.8 Å². The number of aromatic amines is 1. The number of aromatic nitrogens is 1. The Bertz CT molecular complexity index is 508. The van der Waals surface area contributed by atoms with Crippen molar-refractivity contribution in [3.63, 3.8) is 0 Å². The Morgan fingerprint density at radius 1 is 1.33 bits per heavy atom. The fraction of sp³-hybridized carbons (Fsp3) is 0.333. The van der Waals surface area contributed by atoms with E-state index in [1.165, 1.54) is 0 Å². The molecule has 0 bridgehead atoms. The molecule has 1 aromatic heterocycles. The van der Waals surface area contributed by atoms with Crippen molar-refractivity contribution in [1.29, 1.82) is 0 Å². The van der Waals surface area contributed by atoms with Crippen LogP contribution in [-0.2, 0) is 4.74 Å². The van der Waals surface area contributed by atoms with E-state index in [0.717, 1.165) is 20.3 Å². The highest BCUT2D eigenvalue weighted by Crippen LogP contribution is 2.29. The zero-order valence-electron chi connectivity index (χ0n) is 9.25. The molecule has 0 aliphatic carbocycles. The third kappa shape index (κ3) is 3.15. The lowest BCUT2D eigenvalue weighted by molar-refractivity contribution is -0.276. The average Bonchev–Trinajstić information content (AvgIpc) is 2.25. The first-order valence-electron chi connectivity index (χ1n) is 4.44. The van der Waals surface area contributed by atoms with Gasteiger partial charge in [-0.2, -0.15) is 0 Å². The van der Waals surface area contributed by atoms with E-state index < -0.39 is 29.3 Å². The molecule has 0 unspecified atom stereocenters. The first kappa shape index (κ1) is 13.9. The summed E-state index contributed by atoms with van der Waals surface area (Å²) in [6.45, 7) is 0. The minimum absolute atomic E-state index is 0.384. The van der Waals surface area contributed by atoms with Crippen LogP contribution in [0.25, 0.3) is 0 Å². The van der Waals surface area contributed by atoms with Crippen LogP contribution in [0.1, 0.15) is 10.4 Å². The van der Waals surface area contributed by atoms with Crippen LogP contribution in [0.3, 0.4) is 0 Å². The molecule has 1 N–H and O–H groups in total. The number of rotatable bonds is 3. The Kier molecular flexibility index (Phi) is 3.84. The Balaban J connectivity index is 3.42. The van der Waals surface area contributed by atoms with Crippen LogP contribution in [0.15, 0.2) is 10.9 Å². The molecule has 9 heteroatoms. The summed E-state index contributed by atoms with van der Waals surface area (Å²) in [6, 6.07) is 0.801. The van der Waals surface area contributed by atoms with Gasteiger partial charge in [-0.25, -0.2) is 4.79 Å². The summed E-state index contributed by atoms with van der Waals surface area (Å²) in [4.78, 5) is 24.2. The van der Waals surface area contributed by atoms with E-state index in [1.807, 2.05) is 0 Å². The van der Waals surface area contributed by atoms with E-state index >= 15 is 0 Å². The number of carbonyl (C=O) groups is 1. The Morgan fingerprint density at radius 3 is 2.39 bits per heavy atom. The maximum Gasteiger partial charge on any atom is 0.574 e. The largest absolute Gasteiger partial charge is 0.574 e. The van der Waals surface area contributed by atoms with Crippen LogP contribution in [0.5, 0.6) is 11.6 Å². The molecule has 100 valence electrons. The second-order valence-electron chi connectivity index (χ2n) is 2.95. The highest BCUT2D eigenvalue weighted by molar-refractivity contribution is 5.94. The number of hydrogen-bond acceptors (Lipinski definition) is 5. The molecular formula is C9H8F3NO5. The lowest BCUT2D eigenvalue weighted by atomic mass is 10.2. The molecule has 1 aromatic rings. The molecule has 0 aliphatic rings. The lowest BCUT2D eigenvalue weighted by Crippen LogP contribution is -2.23. The predicted octanol–water partition coefficient (Wildman–Crippen LogP) is 1.07. The molecule has 0 atom stereocenters. The standard InChI is InChI=1S/C9H8F3NO5/c1-16-4-3-5(14)13-7(18-9(10,11)12)6(4)8(15)17-2/h3H,1-2H3,(H,13,14). The molecule has 0 saturated carbocycles. The summed E-state index contributed by atoms with van der Waals surface area (Å²) in [5, 5.41) is 0. The van der Waals surface area contributed by atoms with Crippen molar-refractivity contribution in [1.82, 2.24) is 4.98 Å². The maximum atomic E-state index is 12.1. The molecule has 0 fully saturated rings. The minimum Gasteiger partial charge on any atom is -0.495 e. The van der Waals surface area contributed by atoms with Gasteiger partial charge in [-0.15, -0.1) is 13.2 Å². The van der Waals surface area contributed by atoms with Crippen molar-refractivity contribution >= 4 is 5.97 Å². The number of ether oxygens (including phenoxy) is 3. The maximum absolute atomic E-state index is 12.1. The van der Waals surface area contributed by atoms with Crippen molar-refractivity contribution in [3.8, 4) is 11.6 Å². The molecule has 0 spiro atoms. The number of esters is 1. The smallest absolute Gasteiger partial charge is 0.495 e. The van der Waals surface area contributed by atoms with E-state index in [0.29, 0.717) is 0 Å². The van der Waals surface area contributed by atoms with Crippen LogP contribution in [-0.4, -0.2) is 31.5 Å². The van der Waals surface area contributed by atoms with Gasteiger partial charge in [0, 0.05) is 6.07 Å². The normalized spacial score (nSPS) is 10.9. The molecule has 1 rings (SSSR count). The summed E-state index contributed by atoms with van der Waals surface area (Å²) in [5.74, 6) is -2.61. The second kappa shape index (κ2) is 4.98. The second-order valence-corrected chi connectivity index (χ2v) is 2.95. The summed E-state index contributed by atoms with van der Waals surface area (Å²) >= 11 is 0. The molecule has 0 radical (unpaired) electrons. The average molecular weight is 267 g/mol. The Hall–Kier alpha value is -2.19. The van der Waals surface area contributed by atoms with Crippen molar-refractivity contribution in [2.24, 2.45) is 0 Å². The quantitative estimate of drug-likeness (QED) is 0.829. The van der Waals surface area contributed by atoms with Crippen molar-refractivity contribution in [3.05, 3.63) is 22.0 Å². The third-order valence-corrected chi connectivity index (χ3v) is 1.80. The van der Waals surface area contributed by atoms with Crippen molar-refractivity contribution < 1.29 is 32.2 Å². The summed E-state index contributed by atoms with van der Waals surface area (Å²) in [7, 11) is 2.04. The fourth-order valence-corrected chi connectivity index (χ4v) is 1.16. The number of methoxy groups -OCH3 is 2. The van der Waals surface area contributed by atoms with E-state index in [4.69, 9.17) is 0 Å². The van der Waals surface area contributed by atoms with Crippen LogP contribution < -0.4 is 15.0 Å². The van der Waals surface area contributed by atoms with Gasteiger partial charge < -0.3 is 14.2 Å². The topological polar surface area (TPSA) is 77.6 Å². The molecule has 0 aromatic carbocycles. The number of carbonyl (C=O) groups excluding carboxylic acids is 1. The molecule has 6 nitrogen and oxygen atoms in total. The number of pyridine rings is 1. The van der Waals surface area contributed by atoms with Crippen molar-refractivity contribution in [2.45, 2.75) is 6.36 Å². The molecular weight excluding hydrogens is 259 g/mol. The summed E-state index contributed by atoms with van der Waals surface area (Å²) in [6.07, 6.45) is -5.07. The Morgan fingerprint density at radius 2 is 1.94 bits per heavy atom. The van der Waals surface area contributed by atoms with Crippen LogP contribution in [0.4, 0.5) is 13.2 Å². The van der Waals surface area contributed by atoms with Gasteiger partial charge in [0.1, 0.15) is 5.75 Å². The van der Waals surface area contributed by atoms with Crippen molar-refractivity contribution in [2.75, 3.05) is 14.2 Å². The predicted molar refractivity (Wildman–Crippen MR) is 51.6 cm³/mol. The van der Waals surface area contributed by atoms with E-state index in [1.54, 1.807) is 4.98 Å². The monoisotopic (exact) mass is 267 g/mol. The SMILES string of the molecule is COC(=O)c1c(OC)cc(=O)[nH]c1OC(F)(F)F. The summed E-state index contributed by atoms with van der Waals surface area (Å²) in [5.41, 5.74) is -1.57. The van der Waals surface area contributed by atoms with E-state index in [-0.39, 0.29) is 5.75 Å². The van der Waals surface area contributed by atoms with E-state index in [2.05, 4.69) is 14.2 Å². The highest BCUT2D eigenvalue weighted by Gasteiger charge is 2.35. The van der Waals surface area contributed by atoms with Crippen LogP contribution in [0, 0.1) is 0 Å². The fourth-order valence-electron chi connectivity index (χ4n) is 1.16. The number of alkyl halides is 3. The van der Waals surface area contributed by atoms with Gasteiger partial charge in [0.15, 0.2) is 5.56 Å². The van der Waals surface area contributed by atoms with Gasteiger partial charge in [-0.05, 0) is 0 Å².